The van der Waals surface area contributed by atoms with Crippen molar-refractivity contribution >= 4 is 11.8 Å². The van der Waals surface area contributed by atoms with Gasteiger partial charge < -0.3 is 5.11 Å². The van der Waals surface area contributed by atoms with Gasteiger partial charge in [0.2, 0.25) is 0 Å². The van der Waals surface area contributed by atoms with E-state index in [2.05, 4.69) is 19.1 Å². The highest BCUT2D eigenvalue weighted by Gasteiger charge is 1.97. The molecule has 0 aromatic heterocycles. The Kier molecular flexibility index (Phi) is 14.0. The van der Waals surface area contributed by atoms with Crippen LogP contribution in [0.4, 0.5) is 0 Å². The summed E-state index contributed by atoms with van der Waals surface area (Å²) in [6.45, 7) is 2.23. The van der Waals surface area contributed by atoms with Crippen LogP contribution in [0.15, 0.2) is 24.3 Å². The van der Waals surface area contributed by atoms with E-state index in [-0.39, 0.29) is 5.78 Å². The Labute approximate surface area is 129 Å². The topological polar surface area (TPSA) is 54.4 Å². The summed E-state index contributed by atoms with van der Waals surface area (Å²) in [6, 6.07) is 0. The molecule has 0 amide bonds. The molecule has 0 aliphatic carbocycles. The maximum Gasteiger partial charge on any atom is 0.328 e. The molecule has 0 fully saturated rings. The molecule has 3 nitrogen and oxygen atoms in total. The monoisotopic (exact) mass is 294 g/mol. The number of carbonyl (C=O) groups excluding carboxylic acids is 1. The van der Waals surface area contributed by atoms with Gasteiger partial charge in [0.15, 0.2) is 5.78 Å². The summed E-state index contributed by atoms with van der Waals surface area (Å²) in [5.41, 5.74) is 0. The Morgan fingerprint density at radius 1 is 0.810 bits per heavy atom. The normalized spacial score (nSPS) is 11.5. The number of ketones is 1. The van der Waals surface area contributed by atoms with Gasteiger partial charge in [-0.05, 0) is 38.2 Å². The largest absolute Gasteiger partial charge is 0.478 e. The maximum atomic E-state index is 11.3. The predicted molar refractivity (Wildman–Crippen MR) is 87.4 cm³/mol. The molecular weight excluding hydrogens is 264 g/mol. The second-order valence-electron chi connectivity index (χ2n) is 5.41. The van der Waals surface area contributed by atoms with Gasteiger partial charge in [-0.25, -0.2) is 4.79 Å². The van der Waals surface area contributed by atoms with Crippen LogP contribution in [0, 0.1) is 0 Å². The third-order valence-electron chi connectivity index (χ3n) is 3.35. The molecule has 0 saturated heterocycles. The minimum absolute atomic E-state index is 0.103. The molecule has 0 radical (unpaired) electrons. The van der Waals surface area contributed by atoms with E-state index < -0.39 is 5.97 Å². The molecule has 120 valence electrons. The summed E-state index contributed by atoms with van der Waals surface area (Å²) in [5.74, 6) is -1.17. The van der Waals surface area contributed by atoms with E-state index in [1.807, 2.05) is 0 Å². The number of hydrogen-bond acceptors (Lipinski definition) is 2. The number of unbranched alkanes of at least 4 members (excludes halogenated alkanes) is 8. The first-order chi connectivity index (χ1) is 10.2. The van der Waals surface area contributed by atoms with Gasteiger partial charge in [0.05, 0.1) is 0 Å². The van der Waals surface area contributed by atoms with Gasteiger partial charge in [-0.15, -0.1) is 0 Å². The van der Waals surface area contributed by atoms with Crippen molar-refractivity contribution in [3.05, 3.63) is 24.3 Å². The molecule has 0 aromatic rings. The summed E-state index contributed by atoms with van der Waals surface area (Å²) < 4.78 is 0. The van der Waals surface area contributed by atoms with Crippen LogP contribution in [-0.4, -0.2) is 16.9 Å². The number of hydrogen-bond donors (Lipinski definition) is 1. The average Bonchev–Trinajstić information content (AvgIpc) is 2.46. The zero-order valence-electron chi connectivity index (χ0n) is 13.4. The summed E-state index contributed by atoms with van der Waals surface area (Å²) in [4.78, 5) is 21.5. The van der Waals surface area contributed by atoms with Crippen molar-refractivity contribution in [2.45, 2.75) is 77.6 Å². The number of allylic oxidation sites excluding steroid dienone is 3. The first kappa shape index (κ1) is 19.6. The van der Waals surface area contributed by atoms with E-state index in [1.54, 1.807) is 0 Å². The fraction of sp³-hybridized carbons (Fsp3) is 0.667. The Morgan fingerprint density at radius 3 is 2.00 bits per heavy atom. The van der Waals surface area contributed by atoms with Crippen LogP contribution in [0.2, 0.25) is 0 Å². The Bertz CT molecular complexity index is 329. The van der Waals surface area contributed by atoms with E-state index in [0.29, 0.717) is 6.42 Å². The Hall–Kier alpha value is -1.38. The first-order valence-corrected chi connectivity index (χ1v) is 8.25. The van der Waals surface area contributed by atoms with Gasteiger partial charge >= 0.3 is 5.97 Å². The lowest BCUT2D eigenvalue weighted by Gasteiger charge is -1.98. The van der Waals surface area contributed by atoms with Crippen LogP contribution in [-0.2, 0) is 9.59 Å². The smallest absolute Gasteiger partial charge is 0.328 e. The SMILES string of the molecule is CCCCCCCCC=CCCCCC(=O)C=CC(=O)O. The molecule has 0 heterocycles. The summed E-state index contributed by atoms with van der Waals surface area (Å²) >= 11 is 0. The molecule has 0 aliphatic rings. The zero-order chi connectivity index (χ0) is 15.8. The van der Waals surface area contributed by atoms with Gasteiger partial charge in [0.1, 0.15) is 0 Å². The molecule has 21 heavy (non-hydrogen) atoms. The third-order valence-corrected chi connectivity index (χ3v) is 3.35. The molecule has 0 spiro atoms. The van der Waals surface area contributed by atoms with Crippen molar-refractivity contribution in [1.29, 1.82) is 0 Å². The molecule has 0 atom stereocenters. The van der Waals surface area contributed by atoms with Crippen molar-refractivity contribution in [3.8, 4) is 0 Å². The Balaban J connectivity index is 3.32. The van der Waals surface area contributed by atoms with Crippen LogP contribution >= 0.6 is 0 Å². The average molecular weight is 294 g/mol. The summed E-state index contributed by atoms with van der Waals surface area (Å²) in [5, 5.41) is 8.39. The second kappa shape index (κ2) is 15.0. The molecule has 0 saturated carbocycles. The highest BCUT2D eigenvalue weighted by molar-refractivity contribution is 5.95. The highest BCUT2D eigenvalue weighted by atomic mass is 16.4. The molecule has 0 rings (SSSR count). The van der Waals surface area contributed by atoms with Crippen molar-refractivity contribution in [3.63, 3.8) is 0 Å². The van der Waals surface area contributed by atoms with Gasteiger partial charge in [-0.3, -0.25) is 4.79 Å². The Morgan fingerprint density at radius 2 is 1.38 bits per heavy atom. The van der Waals surface area contributed by atoms with E-state index in [9.17, 15) is 9.59 Å². The summed E-state index contributed by atoms with van der Waals surface area (Å²) in [7, 11) is 0. The molecule has 3 heteroatoms. The van der Waals surface area contributed by atoms with E-state index in [4.69, 9.17) is 5.11 Å². The fourth-order valence-corrected chi connectivity index (χ4v) is 2.09. The number of aliphatic carboxylic acids is 1. The van der Waals surface area contributed by atoms with Gasteiger partial charge in [0.25, 0.3) is 0 Å². The molecule has 0 bridgehead atoms. The van der Waals surface area contributed by atoms with E-state index in [0.717, 1.165) is 37.8 Å². The van der Waals surface area contributed by atoms with Gasteiger partial charge in [-0.2, -0.15) is 0 Å². The van der Waals surface area contributed by atoms with E-state index >= 15 is 0 Å². The minimum Gasteiger partial charge on any atom is -0.478 e. The quantitative estimate of drug-likeness (QED) is 0.277. The molecule has 0 unspecified atom stereocenters. The second-order valence-corrected chi connectivity index (χ2v) is 5.41. The molecule has 0 aromatic carbocycles. The third kappa shape index (κ3) is 16.6. The lowest BCUT2D eigenvalue weighted by molar-refractivity contribution is -0.131. The summed E-state index contributed by atoms with van der Waals surface area (Å²) in [6.07, 6.45) is 18.9. The number of rotatable bonds is 14. The fourth-order valence-electron chi connectivity index (χ4n) is 2.09. The maximum absolute atomic E-state index is 11.3. The molecule has 0 aliphatic heterocycles. The molecule has 1 N–H and O–H groups in total. The van der Waals surface area contributed by atoms with Crippen molar-refractivity contribution in [2.24, 2.45) is 0 Å². The van der Waals surface area contributed by atoms with Gasteiger partial charge in [0, 0.05) is 12.5 Å². The highest BCUT2D eigenvalue weighted by Crippen LogP contribution is 2.08. The number of carboxylic acids is 1. The first-order valence-electron chi connectivity index (χ1n) is 8.25. The van der Waals surface area contributed by atoms with Gasteiger partial charge in [-0.1, -0.05) is 51.2 Å². The van der Waals surface area contributed by atoms with Crippen LogP contribution in [0.3, 0.4) is 0 Å². The molecular formula is C18H30O3. The predicted octanol–water partition coefficient (Wildman–Crippen LogP) is 5.06. The lowest BCUT2D eigenvalue weighted by atomic mass is 10.1. The van der Waals surface area contributed by atoms with Crippen LogP contribution in [0.25, 0.3) is 0 Å². The van der Waals surface area contributed by atoms with Crippen molar-refractivity contribution in [1.82, 2.24) is 0 Å². The standard InChI is InChI=1S/C18H30O3/c1-2-3-4-5-6-7-8-9-10-11-12-13-14-17(19)15-16-18(20)21/h9-10,15-16H,2-8,11-14H2,1H3,(H,20,21). The van der Waals surface area contributed by atoms with Crippen molar-refractivity contribution < 1.29 is 14.7 Å². The number of carbonyl (C=O) groups is 2. The van der Waals surface area contributed by atoms with Crippen LogP contribution in [0.1, 0.15) is 77.6 Å². The number of carboxylic acid groups (broad SMARTS) is 1. The van der Waals surface area contributed by atoms with Crippen molar-refractivity contribution in [2.75, 3.05) is 0 Å². The minimum atomic E-state index is -1.07. The van der Waals surface area contributed by atoms with E-state index in [1.165, 1.54) is 38.5 Å². The lowest BCUT2D eigenvalue weighted by Crippen LogP contribution is -1.95. The van der Waals surface area contributed by atoms with Crippen LogP contribution < -0.4 is 0 Å². The zero-order valence-corrected chi connectivity index (χ0v) is 13.4. The van der Waals surface area contributed by atoms with Crippen LogP contribution in [0.5, 0.6) is 0 Å².